The molecule has 0 spiro atoms. The first-order valence-corrected chi connectivity index (χ1v) is 10.1. The summed E-state index contributed by atoms with van der Waals surface area (Å²) < 4.78 is 14.6. The Balaban J connectivity index is 1.88. The van der Waals surface area contributed by atoms with Crippen molar-refractivity contribution in [3.05, 3.63) is 68.5 Å². The Hall–Kier alpha value is -2.71. The summed E-state index contributed by atoms with van der Waals surface area (Å²) in [5.41, 5.74) is 0.931. The average molecular weight is 435 g/mol. The Morgan fingerprint density at radius 3 is 2.60 bits per heavy atom. The SMILES string of the molecule is CN(C)c1ccc([N+](=O)[O-])cc1C(=O)NCC(c1c(F)cccc1Cl)N1CCCC1. The predicted molar refractivity (Wildman–Crippen MR) is 115 cm³/mol. The molecular weight excluding hydrogens is 411 g/mol. The predicted octanol–water partition coefficient (Wildman–Crippen LogP) is 4.02. The monoisotopic (exact) mass is 434 g/mol. The third-order valence-corrected chi connectivity index (χ3v) is 5.62. The smallest absolute Gasteiger partial charge is 0.270 e. The van der Waals surface area contributed by atoms with Crippen LogP contribution in [0.25, 0.3) is 0 Å². The van der Waals surface area contributed by atoms with E-state index in [0.717, 1.165) is 25.9 Å². The van der Waals surface area contributed by atoms with Crippen LogP contribution < -0.4 is 10.2 Å². The number of benzene rings is 2. The van der Waals surface area contributed by atoms with Crippen molar-refractivity contribution in [3.8, 4) is 0 Å². The number of likely N-dealkylation sites (tertiary alicyclic amines) is 1. The zero-order valence-corrected chi connectivity index (χ0v) is 17.7. The number of hydrogen-bond donors (Lipinski definition) is 1. The van der Waals surface area contributed by atoms with E-state index in [1.165, 1.54) is 18.2 Å². The van der Waals surface area contributed by atoms with Crippen LogP contribution in [0.4, 0.5) is 15.8 Å². The standard InChI is InChI=1S/C21H24ClFN4O3/c1-25(2)18-9-8-14(27(29)30)12-15(18)21(28)24-13-19(26-10-3-4-11-26)20-16(22)6-5-7-17(20)23/h5-9,12,19H,3-4,10-11,13H2,1-2H3,(H,24,28). The minimum Gasteiger partial charge on any atom is -0.377 e. The maximum absolute atomic E-state index is 14.6. The zero-order valence-electron chi connectivity index (χ0n) is 16.9. The molecular formula is C21H24ClFN4O3. The summed E-state index contributed by atoms with van der Waals surface area (Å²) in [5, 5.41) is 14.3. The van der Waals surface area contributed by atoms with Crippen molar-refractivity contribution in [3.63, 3.8) is 0 Å². The molecule has 1 N–H and O–H groups in total. The molecule has 30 heavy (non-hydrogen) atoms. The second-order valence-electron chi connectivity index (χ2n) is 7.46. The lowest BCUT2D eigenvalue weighted by Gasteiger charge is -2.29. The van der Waals surface area contributed by atoms with E-state index in [1.54, 1.807) is 37.2 Å². The molecule has 160 valence electrons. The van der Waals surface area contributed by atoms with Gasteiger partial charge in [-0.15, -0.1) is 0 Å². The van der Waals surface area contributed by atoms with E-state index in [-0.39, 0.29) is 17.8 Å². The third-order valence-electron chi connectivity index (χ3n) is 5.29. The van der Waals surface area contributed by atoms with E-state index in [2.05, 4.69) is 10.2 Å². The van der Waals surface area contributed by atoms with Gasteiger partial charge in [0, 0.05) is 49.0 Å². The summed E-state index contributed by atoms with van der Waals surface area (Å²) in [6.07, 6.45) is 1.98. The first-order chi connectivity index (χ1) is 14.3. The number of carbonyl (C=O) groups is 1. The maximum Gasteiger partial charge on any atom is 0.270 e. The Bertz CT molecular complexity index is 928. The normalized spacial score (nSPS) is 15.1. The van der Waals surface area contributed by atoms with Gasteiger partial charge < -0.3 is 10.2 Å². The number of nitrogens with one attached hydrogen (secondary N) is 1. The molecule has 0 radical (unpaired) electrons. The van der Waals surface area contributed by atoms with E-state index in [0.29, 0.717) is 16.3 Å². The number of nitro benzene ring substituents is 1. The number of hydrogen-bond acceptors (Lipinski definition) is 5. The summed E-state index contributed by atoms with van der Waals surface area (Å²) in [6.45, 7) is 1.70. The van der Waals surface area contributed by atoms with E-state index < -0.39 is 22.7 Å². The highest BCUT2D eigenvalue weighted by Crippen LogP contribution is 2.32. The highest BCUT2D eigenvalue weighted by atomic mass is 35.5. The second-order valence-corrected chi connectivity index (χ2v) is 7.86. The highest BCUT2D eigenvalue weighted by molar-refractivity contribution is 6.31. The lowest BCUT2D eigenvalue weighted by molar-refractivity contribution is -0.384. The van der Waals surface area contributed by atoms with Crippen molar-refractivity contribution in [2.75, 3.05) is 38.6 Å². The average Bonchev–Trinajstić information content (AvgIpc) is 3.23. The number of nitro groups is 1. The second kappa shape index (κ2) is 9.40. The van der Waals surface area contributed by atoms with Crippen LogP contribution in [0.1, 0.15) is 34.8 Å². The lowest BCUT2D eigenvalue weighted by atomic mass is 10.0. The minimum atomic E-state index is -0.539. The zero-order chi connectivity index (χ0) is 21.8. The van der Waals surface area contributed by atoms with E-state index in [1.807, 2.05) is 0 Å². The van der Waals surface area contributed by atoms with Crippen LogP contribution in [0.15, 0.2) is 36.4 Å². The molecule has 2 aromatic rings. The molecule has 1 aliphatic rings. The summed E-state index contributed by atoms with van der Waals surface area (Å²) in [4.78, 5) is 27.4. The van der Waals surface area contributed by atoms with Crippen LogP contribution in [0.3, 0.4) is 0 Å². The molecule has 7 nitrogen and oxygen atoms in total. The van der Waals surface area contributed by atoms with Gasteiger partial charge in [0.2, 0.25) is 0 Å². The lowest BCUT2D eigenvalue weighted by Crippen LogP contribution is -2.37. The molecule has 0 bridgehead atoms. The molecule has 1 saturated heterocycles. The van der Waals surface area contributed by atoms with Gasteiger partial charge in [0.05, 0.1) is 16.5 Å². The molecule has 3 rings (SSSR count). The van der Waals surface area contributed by atoms with Gasteiger partial charge in [-0.25, -0.2) is 4.39 Å². The van der Waals surface area contributed by atoms with Crippen molar-refractivity contribution >= 4 is 28.9 Å². The number of carbonyl (C=O) groups excluding carboxylic acids is 1. The fraction of sp³-hybridized carbons (Fsp3) is 0.381. The molecule has 1 unspecified atom stereocenters. The van der Waals surface area contributed by atoms with Crippen LogP contribution in [0.5, 0.6) is 0 Å². The van der Waals surface area contributed by atoms with E-state index in [9.17, 15) is 19.3 Å². The molecule has 0 aliphatic carbocycles. The minimum absolute atomic E-state index is 0.134. The van der Waals surface area contributed by atoms with Crippen molar-refractivity contribution in [2.24, 2.45) is 0 Å². The van der Waals surface area contributed by atoms with Crippen molar-refractivity contribution in [1.29, 1.82) is 0 Å². The van der Waals surface area contributed by atoms with Crippen LogP contribution in [-0.4, -0.2) is 49.5 Å². The number of halogens is 2. The molecule has 1 aliphatic heterocycles. The topological polar surface area (TPSA) is 78.7 Å². The largest absolute Gasteiger partial charge is 0.377 e. The Labute approximate surface area is 179 Å². The van der Waals surface area contributed by atoms with Crippen LogP contribution in [0, 0.1) is 15.9 Å². The Morgan fingerprint density at radius 2 is 2.00 bits per heavy atom. The van der Waals surface area contributed by atoms with Gasteiger partial charge in [-0.05, 0) is 44.1 Å². The van der Waals surface area contributed by atoms with E-state index >= 15 is 0 Å². The Morgan fingerprint density at radius 1 is 1.30 bits per heavy atom. The highest BCUT2D eigenvalue weighted by Gasteiger charge is 2.29. The molecule has 0 aromatic heterocycles. The number of non-ortho nitro benzene ring substituents is 1. The van der Waals surface area contributed by atoms with Gasteiger partial charge in [0.1, 0.15) is 5.82 Å². The van der Waals surface area contributed by atoms with Crippen molar-refractivity contribution in [1.82, 2.24) is 10.2 Å². The van der Waals surface area contributed by atoms with Crippen LogP contribution in [-0.2, 0) is 0 Å². The first-order valence-electron chi connectivity index (χ1n) is 9.71. The van der Waals surface area contributed by atoms with Gasteiger partial charge in [-0.1, -0.05) is 17.7 Å². The number of nitrogens with zero attached hydrogens (tertiary/aromatic N) is 3. The first kappa shape index (κ1) is 22.0. The number of amides is 1. The van der Waals surface area contributed by atoms with Crippen LogP contribution >= 0.6 is 11.6 Å². The van der Waals surface area contributed by atoms with Gasteiger partial charge in [-0.3, -0.25) is 19.8 Å². The van der Waals surface area contributed by atoms with E-state index in [4.69, 9.17) is 11.6 Å². The summed E-state index contributed by atoms with van der Waals surface area (Å²) in [6, 6.07) is 8.27. The summed E-state index contributed by atoms with van der Waals surface area (Å²) in [7, 11) is 3.51. The molecule has 1 amide bonds. The number of rotatable bonds is 7. The summed E-state index contributed by atoms with van der Waals surface area (Å²) >= 11 is 6.30. The molecule has 9 heteroatoms. The molecule has 2 aromatic carbocycles. The van der Waals surface area contributed by atoms with Crippen LogP contribution in [0.2, 0.25) is 5.02 Å². The third kappa shape index (κ3) is 4.71. The molecule has 1 atom stereocenters. The molecule has 1 fully saturated rings. The van der Waals surface area contributed by atoms with Gasteiger partial charge in [0.25, 0.3) is 11.6 Å². The number of anilines is 1. The van der Waals surface area contributed by atoms with Crippen molar-refractivity contribution < 1.29 is 14.1 Å². The fourth-order valence-electron chi connectivity index (χ4n) is 3.79. The Kier molecular flexibility index (Phi) is 6.89. The molecule has 0 saturated carbocycles. The van der Waals surface area contributed by atoms with Gasteiger partial charge in [0.15, 0.2) is 0 Å². The van der Waals surface area contributed by atoms with Gasteiger partial charge >= 0.3 is 0 Å². The fourth-order valence-corrected chi connectivity index (χ4v) is 4.08. The van der Waals surface area contributed by atoms with Crippen molar-refractivity contribution in [2.45, 2.75) is 18.9 Å². The van der Waals surface area contributed by atoms with Gasteiger partial charge in [-0.2, -0.15) is 0 Å². The molecule has 1 heterocycles. The maximum atomic E-state index is 14.6. The summed E-state index contributed by atoms with van der Waals surface area (Å²) in [5.74, 6) is -0.878. The quantitative estimate of drug-likeness (QED) is 0.526.